The molecule has 3 nitrogen and oxygen atoms in total. The molecule has 1 heterocycles. The van der Waals surface area contributed by atoms with Gasteiger partial charge in [0.1, 0.15) is 6.33 Å². The van der Waals surface area contributed by atoms with E-state index in [2.05, 4.69) is 52.0 Å². The van der Waals surface area contributed by atoms with Crippen LogP contribution < -0.4 is 5.32 Å². The van der Waals surface area contributed by atoms with Gasteiger partial charge in [-0.3, -0.25) is 0 Å². The molecule has 14 heavy (non-hydrogen) atoms. The van der Waals surface area contributed by atoms with E-state index in [1.54, 1.807) is 12.5 Å². The zero-order valence-electron chi connectivity index (χ0n) is 9.00. The largest absolute Gasteiger partial charge is 0.311 e. The third-order valence-corrected chi connectivity index (χ3v) is 2.74. The predicted molar refractivity (Wildman–Crippen MR) is 61.0 cm³/mol. The van der Waals surface area contributed by atoms with E-state index < -0.39 is 0 Å². The summed E-state index contributed by atoms with van der Waals surface area (Å²) in [5.41, 5.74) is 1.14. The van der Waals surface area contributed by atoms with Crippen LogP contribution in [-0.4, -0.2) is 17.0 Å². The second-order valence-electron chi connectivity index (χ2n) is 4.34. The molecule has 0 aliphatic heterocycles. The summed E-state index contributed by atoms with van der Waals surface area (Å²) in [6.07, 6.45) is 3.36. The van der Waals surface area contributed by atoms with Crippen LogP contribution in [0.4, 0.5) is 0 Å². The summed E-state index contributed by atoms with van der Waals surface area (Å²) < 4.78 is 0.953. The first kappa shape index (κ1) is 11.6. The van der Waals surface area contributed by atoms with Crippen LogP contribution in [-0.2, 0) is 0 Å². The molecule has 1 atom stereocenters. The Morgan fingerprint density at radius 2 is 2.07 bits per heavy atom. The molecule has 0 saturated carbocycles. The smallest absolute Gasteiger partial charge is 0.115 e. The molecule has 0 bridgehead atoms. The van der Waals surface area contributed by atoms with Crippen LogP contribution in [0.2, 0.25) is 0 Å². The zero-order chi connectivity index (χ0) is 10.8. The fourth-order valence-electron chi connectivity index (χ4n) is 1.51. The van der Waals surface area contributed by atoms with Crippen LogP contribution >= 0.6 is 15.9 Å². The second-order valence-corrected chi connectivity index (χ2v) is 5.20. The molecule has 0 aliphatic rings. The van der Waals surface area contributed by atoms with Crippen LogP contribution in [0.1, 0.15) is 32.5 Å². The summed E-state index contributed by atoms with van der Waals surface area (Å²) in [5.74, 6) is 0. The average Bonchev–Trinajstić information content (AvgIpc) is 2.07. The summed E-state index contributed by atoms with van der Waals surface area (Å²) >= 11 is 3.47. The van der Waals surface area contributed by atoms with Crippen molar-refractivity contribution in [3.05, 3.63) is 22.7 Å². The molecule has 0 aliphatic carbocycles. The van der Waals surface area contributed by atoms with Crippen molar-refractivity contribution >= 4 is 15.9 Å². The summed E-state index contributed by atoms with van der Waals surface area (Å²) in [6.45, 7) is 6.55. The van der Waals surface area contributed by atoms with Crippen molar-refractivity contribution in [1.29, 1.82) is 0 Å². The normalized spacial score (nSPS) is 14.1. The topological polar surface area (TPSA) is 37.8 Å². The number of rotatable bonds is 2. The maximum atomic E-state index is 4.30. The van der Waals surface area contributed by atoms with Gasteiger partial charge in [-0.2, -0.15) is 0 Å². The van der Waals surface area contributed by atoms with Gasteiger partial charge in [-0.15, -0.1) is 0 Å². The highest BCUT2D eigenvalue weighted by atomic mass is 79.9. The quantitative estimate of drug-likeness (QED) is 0.885. The fourth-order valence-corrected chi connectivity index (χ4v) is 1.96. The Morgan fingerprint density at radius 1 is 1.43 bits per heavy atom. The lowest BCUT2D eigenvalue weighted by molar-refractivity contribution is 0.280. The number of nitrogens with zero attached hydrogens (tertiary/aromatic N) is 2. The van der Waals surface area contributed by atoms with Gasteiger partial charge in [-0.1, -0.05) is 20.8 Å². The maximum absolute atomic E-state index is 4.30. The van der Waals surface area contributed by atoms with E-state index in [1.807, 2.05) is 7.05 Å². The highest BCUT2D eigenvalue weighted by molar-refractivity contribution is 9.10. The maximum Gasteiger partial charge on any atom is 0.115 e. The minimum atomic E-state index is 0.131. The third-order valence-electron chi connectivity index (χ3n) is 2.12. The Labute approximate surface area is 93.5 Å². The highest BCUT2D eigenvalue weighted by Gasteiger charge is 2.27. The van der Waals surface area contributed by atoms with Gasteiger partial charge in [0.15, 0.2) is 0 Å². The van der Waals surface area contributed by atoms with Gasteiger partial charge in [0.25, 0.3) is 0 Å². The molecule has 0 spiro atoms. The van der Waals surface area contributed by atoms with Crippen LogP contribution in [0.25, 0.3) is 0 Å². The van der Waals surface area contributed by atoms with E-state index in [-0.39, 0.29) is 11.5 Å². The van der Waals surface area contributed by atoms with Crippen molar-refractivity contribution in [1.82, 2.24) is 15.3 Å². The Bertz CT molecular complexity index is 306. The molecule has 78 valence electrons. The van der Waals surface area contributed by atoms with E-state index >= 15 is 0 Å². The fraction of sp³-hybridized carbons (Fsp3) is 0.600. The third kappa shape index (κ3) is 2.51. The first-order valence-corrected chi connectivity index (χ1v) is 5.38. The SMILES string of the molecule is CNC(c1ncncc1Br)C(C)(C)C. The first-order chi connectivity index (χ1) is 6.46. The van der Waals surface area contributed by atoms with Crippen LogP contribution in [0.5, 0.6) is 0 Å². The monoisotopic (exact) mass is 257 g/mol. The van der Waals surface area contributed by atoms with Crippen LogP contribution in [0.3, 0.4) is 0 Å². The molecular weight excluding hydrogens is 242 g/mol. The van der Waals surface area contributed by atoms with Crippen LogP contribution in [0.15, 0.2) is 17.0 Å². The van der Waals surface area contributed by atoms with Gasteiger partial charge in [-0.25, -0.2) is 9.97 Å². The standard InChI is InChI=1S/C10H16BrN3/c1-10(2,3)9(12-4)8-7(11)5-13-6-14-8/h5-6,9,12H,1-4H3. The van der Waals surface area contributed by atoms with Gasteiger partial charge in [0.05, 0.1) is 16.2 Å². The lowest BCUT2D eigenvalue weighted by Gasteiger charge is -2.30. The molecule has 0 saturated heterocycles. The van der Waals surface area contributed by atoms with E-state index in [4.69, 9.17) is 0 Å². The molecule has 1 aromatic rings. The van der Waals surface area contributed by atoms with Crippen molar-refractivity contribution < 1.29 is 0 Å². The number of aromatic nitrogens is 2. The Morgan fingerprint density at radius 3 is 2.50 bits per heavy atom. The Balaban J connectivity index is 3.08. The second kappa shape index (κ2) is 4.36. The molecule has 0 amide bonds. The lowest BCUT2D eigenvalue weighted by atomic mass is 9.85. The average molecular weight is 258 g/mol. The molecule has 0 radical (unpaired) electrons. The predicted octanol–water partition coefficient (Wildman–Crippen LogP) is 2.55. The molecule has 4 heteroatoms. The van der Waals surface area contributed by atoms with Crippen LogP contribution in [0, 0.1) is 5.41 Å². The number of nitrogens with one attached hydrogen (secondary N) is 1. The molecular formula is C10H16BrN3. The summed E-state index contributed by atoms with van der Waals surface area (Å²) in [7, 11) is 1.95. The molecule has 1 rings (SSSR count). The van der Waals surface area contributed by atoms with Crippen molar-refractivity contribution in [3.8, 4) is 0 Å². The number of hydrogen-bond donors (Lipinski definition) is 1. The zero-order valence-corrected chi connectivity index (χ0v) is 10.6. The van der Waals surface area contributed by atoms with Gasteiger partial charge in [-0.05, 0) is 28.4 Å². The van der Waals surface area contributed by atoms with E-state index in [0.717, 1.165) is 10.2 Å². The minimum absolute atomic E-state index is 0.131. The summed E-state index contributed by atoms with van der Waals surface area (Å²) in [5, 5.41) is 3.28. The van der Waals surface area contributed by atoms with E-state index in [1.165, 1.54) is 0 Å². The van der Waals surface area contributed by atoms with Gasteiger partial charge >= 0.3 is 0 Å². The molecule has 1 N–H and O–H groups in total. The summed E-state index contributed by atoms with van der Waals surface area (Å²) in [4.78, 5) is 8.25. The highest BCUT2D eigenvalue weighted by Crippen LogP contribution is 2.34. The Kier molecular flexibility index (Phi) is 3.61. The van der Waals surface area contributed by atoms with Crippen molar-refractivity contribution in [2.24, 2.45) is 5.41 Å². The first-order valence-electron chi connectivity index (χ1n) is 4.59. The van der Waals surface area contributed by atoms with Crippen molar-refractivity contribution in [2.45, 2.75) is 26.8 Å². The van der Waals surface area contributed by atoms with Gasteiger partial charge in [0.2, 0.25) is 0 Å². The molecule has 0 aromatic carbocycles. The molecule has 1 unspecified atom stereocenters. The van der Waals surface area contributed by atoms with E-state index in [0.29, 0.717) is 0 Å². The van der Waals surface area contributed by atoms with Crippen molar-refractivity contribution in [2.75, 3.05) is 7.05 Å². The Hall–Kier alpha value is -0.480. The molecule has 1 aromatic heterocycles. The summed E-state index contributed by atoms with van der Waals surface area (Å²) in [6, 6.07) is 0.222. The minimum Gasteiger partial charge on any atom is -0.311 e. The van der Waals surface area contributed by atoms with Crippen molar-refractivity contribution in [3.63, 3.8) is 0 Å². The van der Waals surface area contributed by atoms with E-state index in [9.17, 15) is 0 Å². The number of halogens is 1. The lowest BCUT2D eigenvalue weighted by Crippen LogP contribution is -2.30. The van der Waals surface area contributed by atoms with Gasteiger partial charge < -0.3 is 5.32 Å². The van der Waals surface area contributed by atoms with Gasteiger partial charge in [0, 0.05) is 6.20 Å². The number of hydrogen-bond acceptors (Lipinski definition) is 3. The molecule has 0 fully saturated rings.